The zero-order valence-electron chi connectivity index (χ0n) is 6.82. The fourth-order valence-electron chi connectivity index (χ4n) is 1.08. The summed E-state index contributed by atoms with van der Waals surface area (Å²) in [6.45, 7) is 4.40. The van der Waals surface area contributed by atoms with Crippen LogP contribution in [0, 0.1) is 0 Å². The van der Waals surface area contributed by atoms with Gasteiger partial charge < -0.3 is 0 Å². The molecule has 0 saturated carbocycles. The van der Waals surface area contributed by atoms with Gasteiger partial charge in [-0.25, -0.2) is 0 Å². The molecular weight excluding hydrogens is 215 g/mol. The van der Waals surface area contributed by atoms with Gasteiger partial charge in [0.25, 0.3) is 0 Å². The Morgan fingerprint density at radius 1 is 1.55 bits per heavy atom. The molecule has 0 bridgehead atoms. The average molecular weight is 227 g/mol. The van der Waals surface area contributed by atoms with Crippen LogP contribution in [0.2, 0.25) is 0 Å². The van der Waals surface area contributed by atoms with Crippen molar-refractivity contribution in [1.29, 1.82) is 0 Å². The second-order valence-electron chi connectivity index (χ2n) is 2.32. The van der Waals surface area contributed by atoms with E-state index in [4.69, 9.17) is 18.6 Å². The van der Waals surface area contributed by atoms with Gasteiger partial charge in [0.2, 0.25) is 0 Å². The van der Waals surface area contributed by atoms with E-state index in [1.54, 1.807) is 5.57 Å². The molecule has 0 aromatic carbocycles. The summed E-state index contributed by atoms with van der Waals surface area (Å²) in [6.07, 6.45) is 6.86. The minimum atomic E-state index is -0.556. The van der Waals surface area contributed by atoms with Gasteiger partial charge in [-0.3, -0.25) is 0 Å². The summed E-state index contributed by atoms with van der Waals surface area (Å²) in [4.78, 5) is 0. The van der Waals surface area contributed by atoms with Gasteiger partial charge in [0.15, 0.2) is 0 Å². The van der Waals surface area contributed by atoms with Crippen LogP contribution < -0.4 is 0 Å². The van der Waals surface area contributed by atoms with E-state index in [1.165, 1.54) is 18.4 Å². The van der Waals surface area contributed by atoms with E-state index in [-0.39, 0.29) is 0 Å². The van der Waals surface area contributed by atoms with Gasteiger partial charge in [0.1, 0.15) is 0 Å². The van der Waals surface area contributed by atoms with Crippen LogP contribution in [0.1, 0.15) is 26.7 Å². The summed E-state index contributed by atoms with van der Waals surface area (Å²) >= 11 is -0.556. The van der Waals surface area contributed by atoms with Gasteiger partial charge in [0.05, 0.1) is 0 Å². The first-order valence-electron chi connectivity index (χ1n) is 3.57. The van der Waals surface area contributed by atoms with E-state index in [1.807, 2.05) is 0 Å². The summed E-state index contributed by atoms with van der Waals surface area (Å²) in [5.74, 6) is 0. The first-order valence-corrected chi connectivity index (χ1v) is 7.87. The maximum absolute atomic E-state index is 4.89. The molecule has 0 heterocycles. The van der Waals surface area contributed by atoms with Gasteiger partial charge in [-0.15, -0.1) is 0 Å². The molecule has 11 heavy (non-hydrogen) atoms. The van der Waals surface area contributed by atoms with Crippen molar-refractivity contribution in [3.63, 3.8) is 0 Å². The molecule has 0 fully saturated rings. The van der Waals surface area contributed by atoms with Crippen LogP contribution in [0.25, 0.3) is 0 Å². The Labute approximate surface area is 85.3 Å². The third-order valence-corrected chi connectivity index (χ3v) is 1.72. The normalized spacial score (nSPS) is 14.5. The molecule has 0 amide bonds. The Kier molecular flexibility index (Phi) is 7.95. The Balaban J connectivity index is 0.000000292. The maximum atomic E-state index is 4.89. The number of hydrogen-bond donors (Lipinski definition) is 0. The SMILES string of the molecule is CCC1=C(C)C=CC1.[Cl][Ti][Cl]. The molecule has 0 radical (unpaired) electrons. The first kappa shape index (κ1) is 11.8. The predicted molar refractivity (Wildman–Crippen MR) is 48.5 cm³/mol. The van der Waals surface area contributed by atoms with Crippen LogP contribution in [0.3, 0.4) is 0 Å². The van der Waals surface area contributed by atoms with Crippen LogP contribution in [0.15, 0.2) is 23.3 Å². The Bertz CT molecular complexity index is 161. The third-order valence-electron chi connectivity index (χ3n) is 1.72. The van der Waals surface area contributed by atoms with Gasteiger partial charge in [-0.1, -0.05) is 30.2 Å². The molecule has 0 saturated heterocycles. The van der Waals surface area contributed by atoms with E-state index in [0.29, 0.717) is 0 Å². The average Bonchev–Trinajstić information content (AvgIpc) is 2.36. The second-order valence-corrected chi connectivity index (χ2v) is 4.90. The van der Waals surface area contributed by atoms with Crippen molar-refractivity contribution in [2.24, 2.45) is 0 Å². The van der Waals surface area contributed by atoms with Gasteiger partial charge >= 0.3 is 35.6 Å². The number of hydrogen-bond acceptors (Lipinski definition) is 0. The summed E-state index contributed by atoms with van der Waals surface area (Å²) in [6, 6.07) is 0. The van der Waals surface area contributed by atoms with Crippen LogP contribution in [-0.4, -0.2) is 0 Å². The predicted octanol–water partition coefficient (Wildman–Crippen LogP) is 4.05. The van der Waals surface area contributed by atoms with Crippen molar-refractivity contribution in [3.8, 4) is 0 Å². The van der Waals surface area contributed by atoms with Crippen molar-refractivity contribution in [2.75, 3.05) is 0 Å². The minimum absolute atomic E-state index is 0.556. The number of halogens is 2. The summed E-state index contributed by atoms with van der Waals surface area (Å²) in [7, 11) is 9.78. The molecule has 62 valence electrons. The standard InChI is InChI=1S/C8H12.2ClH.Ti/c1-3-8-6-4-5-7(8)2;;;/h4-5H,3,6H2,1-2H3;2*1H;/q;;;+2/p-2. The molecular formula is C8H12Cl2Ti. The second kappa shape index (κ2) is 7.42. The van der Waals surface area contributed by atoms with Crippen molar-refractivity contribution >= 4 is 18.6 Å². The van der Waals surface area contributed by atoms with E-state index in [2.05, 4.69) is 26.0 Å². The first-order chi connectivity index (χ1) is 5.26. The van der Waals surface area contributed by atoms with Gasteiger partial charge in [-0.05, 0) is 19.8 Å². The van der Waals surface area contributed by atoms with Gasteiger partial charge in [-0.2, -0.15) is 0 Å². The van der Waals surface area contributed by atoms with Crippen molar-refractivity contribution < 1.29 is 17.0 Å². The molecule has 0 unspecified atom stereocenters. The molecule has 1 rings (SSSR count). The molecule has 1 aliphatic rings. The van der Waals surface area contributed by atoms with Crippen LogP contribution in [0.4, 0.5) is 0 Å². The Morgan fingerprint density at radius 2 is 2.09 bits per heavy atom. The van der Waals surface area contributed by atoms with Crippen molar-refractivity contribution in [3.05, 3.63) is 23.3 Å². The zero-order valence-corrected chi connectivity index (χ0v) is 9.90. The molecule has 3 heteroatoms. The van der Waals surface area contributed by atoms with E-state index in [9.17, 15) is 0 Å². The fraction of sp³-hybridized carbons (Fsp3) is 0.500. The van der Waals surface area contributed by atoms with E-state index < -0.39 is 17.0 Å². The number of rotatable bonds is 1. The monoisotopic (exact) mass is 226 g/mol. The molecule has 1 aliphatic carbocycles. The van der Waals surface area contributed by atoms with Crippen LogP contribution in [0.5, 0.6) is 0 Å². The molecule has 0 N–H and O–H groups in total. The molecule has 0 aromatic rings. The third kappa shape index (κ3) is 5.08. The molecule has 0 aromatic heterocycles. The Hall–Kier alpha value is 0.774. The van der Waals surface area contributed by atoms with Crippen molar-refractivity contribution in [2.45, 2.75) is 26.7 Å². The Morgan fingerprint density at radius 3 is 2.27 bits per heavy atom. The topological polar surface area (TPSA) is 0 Å². The van der Waals surface area contributed by atoms with Crippen molar-refractivity contribution in [1.82, 2.24) is 0 Å². The van der Waals surface area contributed by atoms with Crippen LogP contribution in [-0.2, 0) is 17.0 Å². The fourth-order valence-corrected chi connectivity index (χ4v) is 1.08. The van der Waals surface area contributed by atoms with E-state index in [0.717, 1.165) is 0 Å². The summed E-state index contributed by atoms with van der Waals surface area (Å²) in [5, 5.41) is 0. The van der Waals surface area contributed by atoms with Crippen LogP contribution >= 0.6 is 18.6 Å². The molecule has 0 aliphatic heterocycles. The summed E-state index contributed by atoms with van der Waals surface area (Å²) < 4.78 is 0. The van der Waals surface area contributed by atoms with E-state index >= 15 is 0 Å². The van der Waals surface area contributed by atoms with Gasteiger partial charge in [0, 0.05) is 0 Å². The summed E-state index contributed by atoms with van der Waals surface area (Å²) in [5.41, 5.74) is 3.08. The zero-order chi connectivity index (χ0) is 8.69. The number of allylic oxidation sites excluding steroid dienone is 4. The molecule has 0 nitrogen and oxygen atoms in total. The molecule has 0 atom stereocenters. The molecule has 0 spiro atoms. The quantitative estimate of drug-likeness (QED) is 0.592.